The molecule has 5 nitrogen and oxygen atoms in total. The second-order valence-electron chi connectivity index (χ2n) is 6.66. The van der Waals surface area contributed by atoms with E-state index in [0.717, 1.165) is 12.8 Å². The molecule has 0 aromatic rings. The van der Waals surface area contributed by atoms with Crippen molar-refractivity contribution in [1.29, 1.82) is 0 Å². The Balaban J connectivity index is 0.000000889. The highest BCUT2D eigenvalue weighted by Crippen LogP contribution is 2.14. The van der Waals surface area contributed by atoms with Crippen molar-refractivity contribution >= 4 is 11.9 Å². The van der Waals surface area contributed by atoms with Crippen LogP contribution in [0.2, 0.25) is 0 Å². The van der Waals surface area contributed by atoms with Crippen LogP contribution in [0.15, 0.2) is 0 Å². The van der Waals surface area contributed by atoms with E-state index in [1.807, 2.05) is 0 Å². The minimum atomic E-state index is -1.23. The Morgan fingerprint density at radius 1 is 0.792 bits per heavy atom. The summed E-state index contributed by atoms with van der Waals surface area (Å²) in [6, 6.07) is 0. The first kappa shape index (κ1) is 22.9. The summed E-state index contributed by atoms with van der Waals surface area (Å²) in [5.41, 5.74) is 0. The fraction of sp³-hybridized carbons (Fsp3) is 0.895. The van der Waals surface area contributed by atoms with E-state index in [0.29, 0.717) is 6.42 Å². The molecular formula is C19H37NO4. The van der Waals surface area contributed by atoms with E-state index in [-0.39, 0.29) is 6.42 Å². The monoisotopic (exact) mass is 343 g/mol. The van der Waals surface area contributed by atoms with E-state index >= 15 is 0 Å². The summed E-state index contributed by atoms with van der Waals surface area (Å²) in [4.78, 5) is 21.3. The Kier molecular flexibility index (Phi) is 16.0. The zero-order valence-corrected chi connectivity index (χ0v) is 15.4. The molecule has 0 aromatic heterocycles. The predicted molar refractivity (Wildman–Crippen MR) is 97.3 cm³/mol. The van der Waals surface area contributed by atoms with Crippen LogP contribution in [-0.4, -0.2) is 35.2 Å². The van der Waals surface area contributed by atoms with Crippen LogP contribution in [0, 0.1) is 5.92 Å². The van der Waals surface area contributed by atoms with Gasteiger partial charge in [-0.25, -0.2) is 0 Å². The van der Waals surface area contributed by atoms with Crippen LogP contribution in [-0.2, 0) is 9.59 Å². The van der Waals surface area contributed by atoms with Gasteiger partial charge in [-0.05, 0) is 32.4 Å². The summed E-state index contributed by atoms with van der Waals surface area (Å²) in [7, 11) is 0. The molecule has 0 bridgehead atoms. The number of rotatable bonds is 13. The number of hydrogen-bond donors (Lipinski definition) is 3. The van der Waals surface area contributed by atoms with Crippen LogP contribution in [0.4, 0.5) is 0 Å². The molecule has 0 saturated carbocycles. The molecular weight excluding hydrogens is 306 g/mol. The van der Waals surface area contributed by atoms with Gasteiger partial charge in [0, 0.05) is 0 Å². The molecule has 1 rings (SSSR count). The maximum atomic E-state index is 10.7. The number of nitrogens with one attached hydrogen (secondary N) is 1. The van der Waals surface area contributed by atoms with Gasteiger partial charge in [-0.2, -0.15) is 0 Å². The Morgan fingerprint density at radius 2 is 1.21 bits per heavy atom. The molecule has 0 unspecified atom stereocenters. The van der Waals surface area contributed by atoms with Crippen LogP contribution < -0.4 is 5.32 Å². The minimum absolute atomic E-state index is 0.251. The van der Waals surface area contributed by atoms with Crippen LogP contribution in [0.1, 0.15) is 90.4 Å². The maximum absolute atomic E-state index is 10.7. The van der Waals surface area contributed by atoms with Crippen molar-refractivity contribution in [2.24, 2.45) is 5.92 Å². The molecule has 0 aliphatic carbocycles. The van der Waals surface area contributed by atoms with Crippen LogP contribution in [0.3, 0.4) is 0 Å². The number of carboxylic acid groups (broad SMARTS) is 2. The molecule has 1 heterocycles. The van der Waals surface area contributed by atoms with Gasteiger partial charge in [0.2, 0.25) is 0 Å². The summed E-state index contributed by atoms with van der Waals surface area (Å²) in [6.45, 7) is 4.71. The molecule has 0 aromatic carbocycles. The first-order valence-corrected chi connectivity index (χ1v) is 9.76. The summed E-state index contributed by atoms with van der Waals surface area (Å²) >= 11 is 0. The average molecular weight is 344 g/mol. The lowest BCUT2D eigenvalue weighted by Crippen LogP contribution is -2.23. The summed E-state index contributed by atoms with van der Waals surface area (Å²) in [5, 5.41) is 20.6. The zero-order chi connectivity index (χ0) is 18.0. The minimum Gasteiger partial charge on any atom is -0.481 e. The molecule has 1 aliphatic heterocycles. The number of unbranched alkanes of at least 4 members (excludes halogenated alkanes) is 9. The lowest BCUT2D eigenvalue weighted by Gasteiger charge is -2.06. The van der Waals surface area contributed by atoms with Crippen molar-refractivity contribution in [3.63, 3.8) is 0 Å². The fourth-order valence-corrected chi connectivity index (χ4v) is 2.81. The Morgan fingerprint density at radius 3 is 1.54 bits per heavy atom. The van der Waals surface area contributed by atoms with Crippen molar-refractivity contribution in [3.8, 4) is 0 Å². The summed E-state index contributed by atoms with van der Waals surface area (Å²) in [6.07, 6.45) is 14.7. The molecule has 0 atom stereocenters. The molecule has 3 N–H and O–H groups in total. The van der Waals surface area contributed by atoms with Gasteiger partial charge in [-0.1, -0.05) is 71.1 Å². The normalized spacial score (nSPS) is 13.6. The second-order valence-corrected chi connectivity index (χ2v) is 6.66. The van der Waals surface area contributed by atoms with E-state index in [9.17, 15) is 9.59 Å². The summed E-state index contributed by atoms with van der Waals surface area (Å²) in [5.74, 6) is -3.67. The quantitative estimate of drug-likeness (QED) is 0.340. The highest BCUT2D eigenvalue weighted by molar-refractivity contribution is 5.92. The van der Waals surface area contributed by atoms with Gasteiger partial charge in [-0.3, -0.25) is 9.59 Å². The van der Waals surface area contributed by atoms with Crippen molar-refractivity contribution in [2.45, 2.75) is 90.4 Å². The number of aliphatic carboxylic acids is 2. The van der Waals surface area contributed by atoms with Crippen molar-refractivity contribution < 1.29 is 19.8 Å². The first-order chi connectivity index (χ1) is 11.6. The van der Waals surface area contributed by atoms with Gasteiger partial charge >= 0.3 is 11.9 Å². The van der Waals surface area contributed by atoms with Crippen LogP contribution >= 0.6 is 0 Å². The number of hydrogen-bond acceptors (Lipinski definition) is 3. The molecule has 1 saturated heterocycles. The zero-order valence-electron chi connectivity index (χ0n) is 15.4. The third kappa shape index (κ3) is 14.5. The fourth-order valence-electron chi connectivity index (χ4n) is 2.81. The highest BCUT2D eigenvalue weighted by Gasteiger charge is 2.24. The molecule has 0 radical (unpaired) electrons. The van der Waals surface area contributed by atoms with E-state index in [2.05, 4.69) is 12.2 Å². The van der Waals surface area contributed by atoms with Gasteiger partial charge in [-0.15, -0.1) is 0 Å². The van der Waals surface area contributed by atoms with E-state index in [1.165, 1.54) is 70.9 Å². The maximum Gasteiger partial charge on any atom is 0.317 e. The topological polar surface area (TPSA) is 86.6 Å². The number of carboxylic acids is 2. The first-order valence-electron chi connectivity index (χ1n) is 9.76. The highest BCUT2D eigenvalue weighted by atomic mass is 16.4. The van der Waals surface area contributed by atoms with Crippen molar-refractivity contribution in [2.75, 3.05) is 13.1 Å². The molecule has 5 heteroatoms. The van der Waals surface area contributed by atoms with Gasteiger partial charge in [0.15, 0.2) is 5.92 Å². The van der Waals surface area contributed by atoms with Gasteiger partial charge in [0.05, 0.1) is 0 Å². The Bertz CT molecular complexity index is 295. The molecule has 142 valence electrons. The number of carbonyl (C=O) groups is 2. The van der Waals surface area contributed by atoms with E-state index in [1.54, 1.807) is 0 Å². The molecule has 0 amide bonds. The lowest BCUT2D eigenvalue weighted by molar-refractivity contribution is -0.154. The standard InChI is InChI=1S/C15H28O4.C4H9N/c1-2-3-4-5-6-7-8-9-10-11-12-13(14(16)17)15(18)19;1-2-4-5-3-1/h13H,2-12H2,1H3,(H,16,17)(H,18,19);5H,1-4H2. The smallest absolute Gasteiger partial charge is 0.317 e. The van der Waals surface area contributed by atoms with Gasteiger partial charge < -0.3 is 15.5 Å². The van der Waals surface area contributed by atoms with Crippen LogP contribution in [0.5, 0.6) is 0 Å². The SMILES string of the molecule is C1CCNC1.CCCCCCCCCCCCC(C(=O)O)C(=O)O. The predicted octanol–water partition coefficient (Wildman–Crippen LogP) is 4.45. The lowest BCUT2D eigenvalue weighted by atomic mass is 10.00. The van der Waals surface area contributed by atoms with E-state index < -0.39 is 17.9 Å². The second kappa shape index (κ2) is 16.7. The van der Waals surface area contributed by atoms with Crippen molar-refractivity contribution in [3.05, 3.63) is 0 Å². The van der Waals surface area contributed by atoms with E-state index in [4.69, 9.17) is 10.2 Å². The van der Waals surface area contributed by atoms with Crippen molar-refractivity contribution in [1.82, 2.24) is 5.32 Å². The van der Waals surface area contributed by atoms with Gasteiger partial charge in [0.1, 0.15) is 0 Å². The molecule has 1 aliphatic rings. The Labute approximate surface area is 147 Å². The third-order valence-electron chi connectivity index (χ3n) is 4.40. The van der Waals surface area contributed by atoms with Gasteiger partial charge in [0.25, 0.3) is 0 Å². The largest absolute Gasteiger partial charge is 0.481 e. The molecule has 1 fully saturated rings. The third-order valence-corrected chi connectivity index (χ3v) is 4.40. The van der Waals surface area contributed by atoms with Crippen LogP contribution in [0.25, 0.3) is 0 Å². The molecule has 24 heavy (non-hydrogen) atoms. The molecule has 0 spiro atoms. The average Bonchev–Trinajstić information content (AvgIpc) is 3.11. The summed E-state index contributed by atoms with van der Waals surface area (Å²) < 4.78 is 0. The Hall–Kier alpha value is -1.10.